The first-order chi connectivity index (χ1) is 7.13. The molecule has 0 amide bonds. The third-order valence-electron chi connectivity index (χ3n) is 2.41. The molecule has 2 atom stereocenters. The van der Waals surface area contributed by atoms with Crippen molar-refractivity contribution >= 4 is 23.4 Å². The van der Waals surface area contributed by atoms with Crippen molar-refractivity contribution < 1.29 is 0 Å². The predicted octanol–water partition coefficient (Wildman–Crippen LogP) is 3.87. The lowest BCUT2D eigenvalue weighted by Crippen LogP contribution is -2.14. The van der Waals surface area contributed by atoms with Gasteiger partial charge in [-0.05, 0) is 24.1 Å². The van der Waals surface area contributed by atoms with E-state index in [1.165, 1.54) is 6.42 Å². The van der Waals surface area contributed by atoms with Gasteiger partial charge in [-0.25, -0.2) is 0 Å². The van der Waals surface area contributed by atoms with Gasteiger partial charge in [0.15, 0.2) is 0 Å². The molecular formula is C12H18ClNS. The van der Waals surface area contributed by atoms with Crippen molar-refractivity contribution in [2.75, 3.05) is 5.75 Å². The van der Waals surface area contributed by atoms with Crippen LogP contribution in [0.5, 0.6) is 0 Å². The first-order valence-electron chi connectivity index (χ1n) is 5.26. The number of thioether (sulfide) groups is 1. The predicted molar refractivity (Wildman–Crippen MR) is 70.6 cm³/mol. The van der Waals surface area contributed by atoms with E-state index >= 15 is 0 Å². The summed E-state index contributed by atoms with van der Waals surface area (Å²) in [5.74, 6) is 0.954. The number of hydrogen-bond acceptors (Lipinski definition) is 2. The molecule has 0 fully saturated rings. The van der Waals surface area contributed by atoms with Crippen LogP contribution in [0.4, 0.5) is 0 Å². The minimum absolute atomic E-state index is 0.0858. The van der Waals surface area contributed by atoms with Crippen LogP contribution in [0, 0.1) is 0 Å². The molecule has 1 nitrogen and oxygen atoms in total. The molecule has 0 aliphatic heterocycles. The van der Waals surface area contributed by atoms with Gasteiger partial charge in [-0.3, -0.25) is 0 Å². The second-order valence-electron chi connectivity index (χ2n) is 3.71. The lowest BCUT2D eigenvalue weighted by Gasteiger charge is -2.14. The molecule has 2 unspecified atom stereocenters. The van der Waals surface area contributed by atoms with Crippen molar-refractivity contribution in [2.24, 2.45) is 5.73 Å². The highest BCUT2D eigenvalue weighted by atomic mass is 35.5. The molecule has 84 valence electrons. The summed E-state index contributed by atoms with van der Waals surface area (Å²) in [4.78, 5) is 0. The van der Waals surface area contributed by atoms with Crippen molar-refractivity contribution in [3.05, 3.63) is 34.9 Å². The van der Waals surface area contributed by atoms with Gasteiger partial charge in [-0.1, -0.05) is 37.6 Å². The number of nitrogens with two attached hydrogens (primary N) is 1. The van der Waals surface area contributed by atoms with Crippen molar-refractivity contribution in [1.29, 1.82) is 0 Å². The summed E-state index contributed by atoms with van der Waals surface area (Å²) in [6, 6.07) is 7.89. The zero-order valence-electron chi connectivity index (χ0n) is 9.24. The van der Waals surface area contributed by atoms with Crippen molar-refractivity contribution in [2.45, 2.75) is 31.6 Å². The van der Waals surface area contributed by atoms with Gasteiger partial charge < -0.3 is 5.73 Å². The lowest BCUT2D eigenvalue weighted by atomic mass is 10.1. The van der Waals surface area contributed by atoms with E-state index < -0.39 is 0 Å². The zero-order valence-corrected chi connectivity index (χ0v) is 10.8. The van der Waals surface area contributed by atoms with Gasteiger partial charge in [0, 0.05) is 22.1 Å². The molecule has 0 saturated heterocycles. The van der Waals surface area contributed by atoms with Crippen LogP contribution in [0.15, 0.2) is 24.3 Å². The highest BCUT2D eigenvalue weighted by Gasteiger charge is 2.08. The summed E-state index contributed by atoms with van der Waals surface area (Å²) in [6.07, 6.45) is 1.19. The Labute approximate surface area is 101 Å². The van der Waals surface area contributed by atoms with Gasteiger partial charge in [-0.2, -0.15) is 11.8 Å². The van der Waals surface area contributed by atoms with Gasteiger partial charge in [0.1, 0.15) is 0 Å². The number of rotatable bonds is 5. The average molecular weight is 244 g/mol. The van der Waals surface area contributed by atoms with Crippen LogP contribution in [0.3, 0.4) is 0 Å². The van der Waals surface area contributed by atoms with E-state index in [1.54, 1.807) is 0 Å². The summed E-state index contributed by atoms with van der Waals surface area (Å²) in [5.41, 5.74) is 7.21. The minimum Gasteiger partial charge on any atom is -0.323 e. The molecule has 0 heterocycles. The normalized spacial score (nSPS) is 14.9. The number of benzene rings is 1. The third kappa shape index (κ3) is 4.45. The molecule has 3 heteroatoms. The quantitative estimate of drug-likeness (QED) is 0.850. The molecule has 1 rings (SSSR count). The second kappa shape index (κ2) is 6.41. The van der Waals surface area contributed by atoms with E-state index in [1.807, 2.05) is 36.0 Å². The summed E-state index contributed by atoms with van der Waals surface area (Å²) >= 11 is 7.83. The first-order valence-corrected chi connectivity index (χ1v) is 6.68. The van der Waals surface area contributed by atoms with Crippen LogP contribution in [-0.4, -0.2) is 11.0 Å². The molecule has 1 aromatic rings. The van der Waals surface area contributed by atoms with E-state index in [4.69, 9.17) is 17.3 Å². The largest absolute Gasteiger partial charge is 0.323 e. The summed E-state index contributed by atoms with van der Waals surface area (Å²) in [6.45, 7) is 4.43. The highest BCUT2D eigenvalue weighted by Crippen LogP contribution is 2.22. The zero-order chi connectivity index (χ0) is 11.3. The molecule has 0 spiro atoms. The van der Waals surface area contributed by atoms with Crippen LogP contribution < -0.4 is 5.73 Å². The SMILES string of the molecule is CCC(C)SCC(N)c1cccc(Cl)c1. The monoisotopic (exact) mass is 243 g/mol. The van der Waals surface area contributed by atoms with Crippen molar-refractivity contribution in [3.63, 3.8) is 0 Å². The molecule has 0 radical (unpaired) electrons. The fourth-order valence-electron chi connectivity index (χ4n) is 1.22. The Kier molecular flexibility index (Phi) is 5.51. The average Bonchev–Trinajstić information content (AvgIpc) is 2.25. The fraction of sp³-hybridized carbons (Fsp3) is 0.500. The maximum absolute atomic E-state index is 6.09. The van der Waals surface area contributed by atoms with Gasteiger partial charge >= 0.3 is 0 Å². The van der Waals surface area contributed by atoms with Gasteiger partial charge in [0.25, 0.3) is 0 Å². The molecule has 0 aromatic heterocycles. The number of halogens is 1. The molecule has 0 aliphatic rings. The topological polar surface area (TPSA) is 26.0 Å². The Hall–Kier alpha value is -0.180. The van der Waals surface area contributed by atoms with Crippen LogP contribution in [0.1, 0.15) is 31.9 Å². The van der Waals surface area contributed by atoms with Crippen molar-refractivity contribution in [3.8, 4) is 0 Å². The molecule has 0 saturated carbocycles. The van der Waals surface area contributed by atoms with E-state index in [9.17, 15) is 0 Å². The van der Waals surface area contributed by atoms with E-state index in [-0.39, 0.29) is 6.04 Å². The molecular weight excluding hydrogens is 226 g/mol. The Morgan fingerprint density at radius 3 is 2.80 bits per heavy atom. The first kappa shape index (κ1) is 12.9. The minimum atomic E-state index is 0.0858. The number of hydrogen-bond donors (Lipinski definition) is 1. The Morgan fingerprint density at radius 1 is 1.47 bits per heavy atom. The molecule has 1 aromatic carbocycles. The summed E-state index contributed by atoms with van der Waals surface area (Å²) in [7, 11) is 0. The smallest absolute Gasteiger partial charge is 0.0409 e. The van der Waals surface area contributed by atoms with E-state index in [2.05, 4.69) is 13.8 Å². The van der Waals surface area contributed by atoms with Gasteiger partial charge in [-0.15, -0.1) is 0 Å². The maximum Gasteiger partial charge on any atom is 0.0409 e. The Morgan fingerprint density at radius 2 is 2.20 bits per heavy atom. The van der Waals surface area contributed by atoms with E-state index in [0.29, 0.717) is 5.25 Å². The lowest BCUT2D eigenvalue weighted by molar-refractivity contribution is 0.821. The molecule has 15 heavy (non-hydrogen) atoms. The van der Waals surface area contributed by atoms with Crippen LogP contribution >= 0.6 is 23.4 Å². The molecule has 2 N–H and O–H groups in total. The van der Waals surface area contributed by atoms with Crippen LogP contribution in [-0.2, 0) is 0 Å². The molecule has 0 aliphatic carbocycles. The van der Waals surface area contributed by atoms with Crippen LogP contribution in [0.25, 0.3) is 0 Å². The van der Waals surface area contributed by atoms with E-state index in [0.717, 1.165) is 16.3 Å². The van der Waals surface area contributed by atoms with Crippen LogP contribution in [0.2, 0.25) is 5.02 Å². The van der Waals surface area contributed by atoms with Gasteiger partial charge in [0.05, 0.1) is 0 Å². The third-order valence-corrected chi connectivity index (χ3v) is 4.10. The highest BCUT2D eigenvalue weighted by molar-refractivity contribution is 7.99. The summed E-state index contributed by atoms with van der Waals surface area (Å²) in [5, 5.41) is 1.44. The van der Waals surface area contributed by atoms with Gasteiger partial charge in [0.2, 0.25) is 0 Å². The molecule has 0 bridgehead atoms. The fourth-order valence-corrected chi connectivity index (χ4v) is 2.38. The maximum atomic E-state index is 6.09. The Bertz CT molecular complexity index is 303. The standard InChI is InChI=1S/C12H18ClNS/c1-3-9(2)15-8-12(14)10-5-4-6-11(13)7-10/h4-7,9,12H,3,8,14H2,1-2H3. The Balaban J connectivity index is 2.50. The van der Waals surface area contributed by atoms with Crippen molar-refractivity contribution in [1.82, 2.24) is 0 Å². The summed E-state index contributed by atoms with van der Waals surface area (Å²) < 4.78 is 0. The second-order valence-corrected chi connectivity index (χ2v) is 5.62.